The highest BCUT2D eigenvalue weighted by Crippen LogP contribution is 2.23. The monoisotopic (exact) mass is 346 g/mol. The van der Waals surface area contributed by atoms with Crippen molar-refractivity contribution >= 4 is 6.29 Å². The molecule has 2 heterocycles. The van der Waals surface area contributed by atoms with Crippen molar-refractivity contribution in [2.75, 3.05) is 39.8 Å². The second kappa shape index (κ2) is 11.3. The zero-order valence-electron chi connectivity index (χ0n) is 16.0. The van der Waals surface area contributed by atoms with E-state index in [0.717, 1.165) is 31.6 Å². The number of hydrogen-bond donors (Lipinski definition) is 0. The van der Waals surface area contributed by atoms with Crippen LogP contribution in [0.25, 0.3) is 0 Å². The van der Waals surface area contributed by atoms with E-state index in [1.807, 2.05) is 0 Å². The summed E-state index contributed by atoms with van der Waals surface area (Å²) < 4.78 is 5.99. The van der Waals surface area contributed by atoms with Gasteiger partial charge in [-0.05, 0) is 89.0 Å². The quantitative estimate of drug-likeness (QED) is 0.603. The molecule has 1 saturated heterocycles. The van der Waals surface area contributed by atoms with Gasteiger partial charge in [-0.1, -0.05) is 12.5 Å². The number of carbonyl (C=O) groups excluding carboxylic acids is 1. The Morgan fingerprint density at radius 2 is 1.84 bits per heavy atom. The standard InChI is InChI=1S/C19H30N2O.C2H4O/c1-20-10-5-7-17-15-19(9-8-18(17)16-20)22-14-6-13-21-11-3-2-4-12-21;1-2-3/h8-9,15H,2-7,10-14,16H2,1H3;2H,1H3. The normalized spacial score (nSPS) is 18.5. The van der Waals surface area contributed by atoms with Crippen LogP contribution < -0.4 is 4.74 Å². The number of nitrogens with zero attached hydrogens (tertiary/aromatic N) is 2. The first-order chi connectivity index (χ1) is 12.2. The second-order valence-corrected chi connectivity index (χ2v) is 7.11. The van der Waals surface area contributed by atoms with Gasteiger partial charge in [-0.15, -0.1) is 0 Å². The molecule has 4 nitrogen and oxygen atoms in total. The van der Waals surface area contributed by atoms with Crippen LogP contribution in [0.1, 0.15) is 50.2 Å². The van der Waals surface area contributed by atoms with Gasteiger partial charge in [0.1, 0.15) is 12.0 Å². The van der Waals surface area contributed by atoms with Gasteiger partial charge in [0.05, 0.1) is 6.61 Å². The molecule has 4 heteroatoms. The number of ether oxygens (including phenoxy) is 1. The molecule has 0 spiro atoms. The van der Waals surface area contributed by atoms with Crippen LogP contribution in [0, 0.1) is 0 Å². The Kier molecular flexibility index (Phi) is 8.98. The number of hydrogen-bond acceptors (Lipinski definition) is 4. The van der Waals surface area contributed by atoms with Gasteiger partial charge in [-0.2, -0.15) is 0 Å². The summed E-state index contributed by atoms with van der Waals surface area (Å²) in [5.74, 6) is 1.06. The zero-order valence-corrected chi connectivity index (χ0v) is 16.0. The molecule has 25 heavy (non-hydrogen) atoms. The molecule has 1 fully saturated rings. The van der Waals surface area contributed by atoms with Crippen LogP contribution in [-0.2, 0) is 17.8 Å². The molecule has 0 radical (unpaired) electrons. The summed E-state index contributed by atoms with van der Waals surface area (Å²) in [6, 6.07) is 6.69. The van der Waals surface area contributed by atoms with Gasteiger partial charge in [0.15, 0.2) is 0 Å². The van der Waals surface area contributed by atoms with E-state index in [4.69, 9.17) is 9.53 Å². The number of aldehydes is 1. The predicted octanol–water partition coefficient (Wildman–Crippen LogP) is 3.52. The lowest BCUT2D eigenvalue weighted by atomic mass is 10.0. The minimum absolute atomic E-state index is 0.750. The first kappa shape index (κ1) is 19.9. The van der Waals surface area contributed by atoms with Crippen molar-refractivity contribution in [1.29, 1.82) is 0 Å². The number of carbonyl (C=O) groups is 1. The molecular weight excluding hydrogens is 312 g/mol. The van der Waals surface area contributed by atoms with E-state index in [0.29, 0.717) is 0 Å². The van der Waals surface area contributed by atoms with Crippen molar-refractivity contribution in [1.82, 2.24) is 9.80 Å². The first-order valence-corrected chi connectivity index (χ1v) is 9.78. The lowest BCUT2D eigenvalue weighted by Crippen LogP contribution is -2.31. The van der Waals surface area contributed by atoms with E-state index in [2.05, 4.69) is 35.0 Å². The van der Waals surface area contributed by atoms with E-state index < -0.39 is 0 Å². The number of fused-ring (bicyclic) bond motifs is 1. The number of aryl methyl sites for hydroxylation is 1. The summed E-state index contributed by atoms with van der Waals surface area (Å²) >= 11 is 0. The van der Waals surface area contributed by atoms with Crippen LogP contribution in [-0.4, -0.2) is 55.9 Å². The highest BCUT2D eigenvalue weighted by Gasteiger charge is 2.12. The highest BCUT2D eigenvalue weighted by atomic mass is 16.5. The molecule has 0 atom stereocenters. The summed E-state index contributed by atoms with van der Waals surface area (Å²) in [6.07, 6.45) is 8.49. The van der Waals surface area contributed by atoms with E-state index in [-0.39, 0.29) is 0 Å². The molecule has 0 aliphatic carbocycles. The number of likely N-dealkylation sites (tertiary alicyclic amines) is 1. The third-order valence-electron chi connectivity index (χ3n) is 4.94. The lowest BCUT2D eigenvalue weighted by Gasteiger charge is -2.26. The van der Waals surface area contributed by atoms with Crippen LogP contribution in [0.15, 0.2) is 18.2 Å². The third-order valence-corrected chi connectivity index (χ3v) is 4.94. The molecule has 140 valence electrons. The van der Waals surface area contributed by atoms with Gasteiger partial charge >= 0.3 is 0 Å². The minimum Gasteiger partial charge on any atom is -0.494 e. The van der Waals surface area contributed by atoms with Crippen LogP contribution in [0.5, 0.6) is 5.75 Å². The van der Waals surface area contributed by atoms with Crippen LogP contribution in [0.4, 0.5) is 0 Å². The minimum atomic E-state index is 0.750. The van der Waals surface area contributed by atoms with E-state index >= 15 is 0 Å². The van der Waals surface area contributed by atoms with Gasteiger partial charge in [-0.3, -0.25) is 0 Å². The molecule has 1 aromatic carbocycles. The summed E-state index contributed by atoms with van der Waals surface area (Å²) in [4.78, 5) is 13.8. The van der Waals surface area contributed by atoms with Crippen molar-refractivity contribution in [2.24, 2.45) is 0 Å². The Morgan fingerprint density at radius 1 is 1.08 bits per heavy atom. The highest BCUT2D eigenvalue weighted by molar-refractivity contribution is 5.44. The Balaban J connectivity index is 0.000000701. The Labute approximate surface area is 153 Å². The molecule has 0 amide bonds. The van der Waals surface area contributed by atoms with Crippen molar-refractivity contribution in [3.63, 3.8) is 0 Å². The summed E-state index contributed by atoms with van der Waals surface area (Å²) in [5.41, 5.74) is 2.96. The van der Waals surface area contributed by atoms with Crippen molar-refractivity contribution in [3.05, 3.63) is 29.3 Å². The van der Waals surface area contributed by atoms with Gasteiger partial charge < -0.3 is 19.3 Å². The van der Waals surface area contributed by atoms with Gasteiger partial charge in [-0.25, -0.2) is 0 Å². The van der Waals surface area contributed by atoms with Crippen LogP contribution >= 0.6 is 0 Å². The Bertz CT molecular complexity index is 513. The van der Waals surface area contributed by atoms with Gasteiger partial charge in [0.2, 0.25) is 0 Å². The third kappa shape index (κ3) is 7.17. The van der Waals surface area contributed by atoms with Gasteiger partial charge in [0.25, 0.3) is 0 Å². The van der Waals surface area contributed by atoms with E-state index in [9.17, 15) is 0 Å². The maximum Gasteiger partial charge on any atom is 0.119 e. The molecule has 0 unspecified atom stereocenters. The Morgan fingerprint density at radius 3 is 2.60 bits per heavy atom. The van der Waals surface area contributed by atoms with Crippen molar-refractivity contribution < 1.29 is 9.53 Å². The Hall–Kier alpha value is -1.39. The first-order valence-electron chi connectivity index (χ1n) is 9.78. The predicted molar refractivity (Wildman–Crippen MR) is 103 cm³/mol. The largest absolute Gasteiger partial charge is 0.494 e. The van der Waals surface area contributed by atoms with Crippen molar-refractivity contribution in [2.45, 2.75) is 52.0 Å². The average molecular weight is 347 g/mol. The molecule has 2 aliphatic rings. The summed E-state index contributed by atoms with van der Waals surface area (Å²) in [5, 5.41) is 0. The molecule has 2 aliphatic heterocycles. The van der Waals surface area contributed by atoms with E-state index in [1.165, 1.54) is 76.3 Å². The maximum absolute atomic E-state index is 8.81. The lowest BCUT2D eigenvalue weighted by molar-refractivity contribution is -0.106. The second-order valence-electron chi connectivity index (χ2n) is 7.11. The number of benzene rings is 1. The van der Waals surface area contributed by atoms with E-state index in [1.54, 1.807) is 0 Å². The molecule has 0 aromatic heterocycles. The number of piperidine rings is 1. The molecule has 0 bridgehead atoms. The molecule has 0 saturated carbocycles. The molecule has 0 N–H and O–H groups in total. The fourth-order valence-corrected chi connectivity index (χ4v) is 3.65. The molecule has 3 rings (SSSR count). The summed E-state index contributed by atoms with van der Waals surface area (Å²) in [7, 11) is 2.21. The summed E-state index contributed by atoms with van der Waals surface area (Å²) in [6.45, 7) is 8.31. The fourth-order valence-electron chi connectivity index (χ4n) is 3.65. The van der Waals surface area contributed by atoms with Gasteiger partial charge in [0, 0.05) is 13.1 Å². The maximum atomic E-state index is 8.81. The van der Waals surface area contributed by atoms with Crippen LogP contribution in [0.3, 0.4) is 0 Å². The topological polar surface area (TPSA) is 32.8 Å². The fraction of sp³-hybridized carbons (Fsp3) is 0.667. The van der Waals surface area contributed by atoms with Crippen LogP contribution in [0.2, 0.25) is 0 Å². The molecular formula is C21H34N2O2. The number of rotatable bonds is 5. The average Bonchev–Trinajstić information content (AvgIpc) is 2.80. The SMILES string of the molecule is CC=O.CN1CCCc2cc(OCCCN3CCCCC3)ccc2C1. The zero-order chi connectivity index (χ0) is 17.9. The smallest absolute Gasteiger partial charge is 0.119 e. The molecule has 1 aromatic rings. The van der Waals surface area contributed by atoms with Crippen molar-refractivity contribution in [3.8, 4) is 5.75 Å².